The number of fused-ring (bicyclic) bond motifs is 1. The molecule has 0 aromatic heterocycles. The molecule has 3 rings (SSSR count). The van der Waals surface area contributed by atoms with Gasteiger partial charge in [0.2, 0.25) is 5.91 Å². The summed E-state index contributed by atoms with van der Waals surface area (Å²) in [7, 11) is 0. The van der Waals surface area contributed by atoms with Crippen LogP contribution in [0.15, 0.2) is 30.3 Å². The molecule has 0 spiro atoms. The van der Waals surface area contributed by atoms with Crippen molar-refractivity contribution in [3.05, 3.63) is 35.9 Å². The van der Waals surface area contributed by atoms with Gasteiger partial charge in [-0.1, -0.05) is 30.3 Å². The number of halogens is 1. The zero-order valence-electron chi connectivity index (χ0n) is 11.8. The number of hydrogen-bond acceptors (Lipinski definition) is 2. The van der Waals surface area contributed by atoms with Crippen molar-refractivity contribution in [1.29, 1.82) is 0 Å². The van der Waals surface area contributed by atoms with Crippen LogP contribution in [0.2, 0.25) is 0 Å². The van der Waals surface area contributed by atoms with Crippen LogP contribution in [-0.4, -0.2) is 36.5 Å². The van der Waals surface area contributed by atoms with Gasteiger partial charge >= 0.3 is 0 Å². The average Bonchev–Trinajstić information content (AvgIpc) is 2.93. The van der Waals surface area contributed by atoms with Gasteiger partial charge in [0, 0.05) is 25.6 Å². The van der Waals surface area contributed by atoms with E-state index in [1.54, 1.807) is 0 Å². The van der Waals surface area contributed by atoms with Crippen LogP contribution in [-0.2, 0) is 11.2 Å². The van der Waals surface area contributed by atoms with Gasteiger partial charge in [0.05, 0.1) is 0 Å². The first-order valence-corrected chi connectivity index (χ1v) is 7.38. The fraction of sp³-hybridized carbons (Fsp3) is 0.562. The summed E-state index contributed by atoms with van der Waals surface area (Å²) in [4.78, 5) is 14.3. The minimum atomic E-state index is 0. The molecule has 2 atom stereocenters. The Balaban J connectivity index is 0.00000147. The fourth-order valence-corrected chi connectivity index (χ4v) is 3.33. The van der Waals surface area contributed by atoms with Crippen LogP contribution < -0.4 is 5.32 Å². The van der Waals surface area contributed by atoms with Gasteiger partial charge in [0.1, 0.15) is 0 Å². The molecule has 110 valence electrons. The summed E-state index contributed by atoms with van der Waals surface area (Å²) in [6, 6.07) is 11.0. The molecule has 1 N–H and O–H groups in total. The fourth-order valence-electron chi connectivity index (χ4n) is 3.33. The van der Waals surface area contributed by atoms with Gasteiger partial charge in [-0.3, -0.25) is 4.79 Å². The Labute approximate surface area is 127 Å². The highest BCUT2D eigenvalue weighted by atomic mass is 35.5. The summed E-state index contributed by atoms with van der Waals surface area (Å²) >= 11 is 0. The molecular weight excluding hydrogens is 272 g/mol. The zero-order chi connectivity index (χ0) is 13.1. The first kappa shape index (κ1) is 15.3. The van der Waals surface area contributed by atoms with E-state index in [9.17, 15) is 4.79 Å². The molecule has 3 nitrogen and oxygen atoms in total. The third-order valence-electron chi connectivity index (χ3n) is 4.48. The summed E-state index contributed by atoms with van der Waals surface area (Å²) in [5, 5.41) is 3.54. The number of aryl methyl sites for hydroxylation is 1. The molecule has 2 saturated heterocycles. The van der Waals surface area contributed by atoms with E-state index in [1.807, 2.05) is 18.2 Å². The molecule has 0 bridgehead atoms. The number of carbonyl (C=O) groups is 1. The van der Waals surface area contributed by atoms with E-state index in [2.05, 4.69) is 22.3 Å². The molecule has 2 heterocycles. The SMILES string of the molecule is Cl.O=C(CCc1ccccc1)N1CCC2NCCC2C1. The smallest absolute Gasteiger partial charge is 0.222 e. The number of benzene rings is 1. The normalized spacial score (nSPS) is 24.9. The number of hydrogen-bond donors (Lipinski definition) is 1. The Bertz CT molecular complexity index is 437. The summed E-state index contributed by atoms with van der Waals surface area (Å²) in [6.07, 6.45) is 3.87. The predicted molar refractivity (Wildman–Crippen MR) is 83.1 cm³/mol. The van der Waals surface area contributed by atoms with Crippen molar-refractivity contribution in [3.8, 4) is 0 Å². The second kappa shape index (κ2) is 7.09. The van der Waals surface area contributed by atoms with Gasteiger partial charge < -0.3 is 10.2 Å². The molecule has 4 heteroatoms. The maximum atomic E-state index is 12.3. The Morgan fingerprint density at radius 3 is 2.85 bits per heavy atom. The van der Waals surface area contributed by atoms with E-state index in [4.69, 9.17) is 0 Å². The maximum Gasteiger partial charge on any atom is 0.222 e. The van der Waals surface area contributed by atoms with Crippen molar-refractivity contribution >= 4 is 18.3 Å². The van der Waals surface area contributed by atoms with Crippen LogP contribution in [0.1, 0.15) is 24.8 Å². The third-order valence-corrected chi connectivity index (χ3v) is 4.48. The van der Waals surface area contributed by atoms with E-state index in [1.165, 1.54) is 12.0 Å². The standard InChI is InChI=1S/C16H22N2O.ClH/c19-16(7-6-13-4-2-1-3-5-13)18-11-9-15-14(12-18)8-10-17-15;/h1-5,14-15,17H,6-12H2;1H. The molecule has 2 fully saturated rings. The van der Waals surface area contributed by atoms with Crippen LogP contribution >= 0.6 is 12.4 Å². The van der Waals surface area contributed by atoms with Crippen molar-refractivity contribution in [2.45, 2.75) is 31.7 Å². The van der Waals surface area contributed by atoms with E-state index in [0.717, 1.165) is 32.5 Å². The molecule has 0 saturated carbocycles. The summed E-state index contributed by atoms with van der Waals surface area (Å²) < 4.78 is 0. The largest absolute Gasteiger partial charge is 0.342 e. The average molecular weight is 295 g/mol. The second-order valence-corrected chi connectivity index (χ2v) is 5.72. The molecular formula is C16H23ClN2O. The Morgan fingerprint density at radius 2 is 2.05 bits per heavy atom. The number of rotatable bonds is 3. The first-order chi connectivity index (χ1) is 9.33. The molecule has 1 aromatic rings. The van der Waals surface area contributed by atoms with E-state index < -0.39 is 0 Å². The highest BCUT2D eigenvalue weighted by Crippen LogP contribution is 2.25. The second-order valence-electron chi connectivity index (χ2n) is 5.72. The summed E-state index contributed by atoms with van der Waals surface area (Å²) in [6.45, 7) is 3.02. The van der Waals surface area contributed by atoms with Crippen molar-refractivity contribution in [3.63, 3.8) is 0 Å². The van der Waals surface area contributed by atoms with E-state index >= 15 is 0 Å². The van der Waals surface area contributed by atoms with Crippen LogP contribution in [0, 0.1) is 5.92 Å². The third kappa shape index (κ3) is 3.53. The quantitative estimate of drug-likeness (QED) is 0.927. The lowest BCUT2D eigenvalue weighted by molar-refractivity contribution is -0.133. The summed E-state index contributed by atoms with van der Waals surface area (Å²) in [5.41, 5.74) is 1.26. The topological polar surface area (TPSA) is 32.3 Å². The highest BCUT2D eigenvalue weighted by Gasteiger charge is 2.33. The van der Waals surface area contributed by atoms with Gasteiger partial charge in [0.25, 0.3) is 0 Å². The molecule has 0 aliphatic carbocycles. The molecule has 0 radical (unpaired) electrons. The molecule has 20 heavy (non-hydrogen) atoms. The lowest BCUT2D eigenvalue weighted by Crippen LogP contribution is -2.46. The number of likely N-dealkylation sites (tertiary alicyclic amines) is 1. The van der Waals surface area contributed by atoms with E-state index in [0.29, 0.717) is 24.3 Å². The lowest BCUT2D eigenvalue weighted by Gasteiger charge is -2.35. The van der Waals surface area contributed by atoms with Crippen molar-refractivity contribution in [1.82, 2.24) is 10.2 Å². The Kier molecular flexibility index (Phi) is 5.44. The maximum absolute atomic E-state index is 12.3. The monoisotopic (exact) mass is 294 g/mol. The van der Waals surface area contributed by atoms with Crippen LogP contribution in [0.5, 0.6) is 0 Å². The van der Waals surface area contributed by atoms with Gasteiger partial charge in [-0.15, -0.1) is 12.4 Å². The van der Waals surface area contributed by atoms with Crippen LogP contribution in [0.3, 0.4) is 0 Å². The van der Waals surface area contributed by atoms with Crippen LogP contribution in [0.4, 0.5) is 0 Å². The van der Waals surface area contributed by atoms with Crippen molar-refractivity contribution in [2.24, 2.45) is 5.92 Å². The molecule has 2 aliphatic heterocycles. The summed E-state index contributed by atoms with van der Waals surface area (Å²) in [5.74, 6) is 1.02. The van der Waals surface area contributed by atoms with Gasteiger partial charge in [0.15, 0.2) is 0 Å². The Hall–Kier alpha value is -1.06. The van der Waals surface area contributed by atoms with E-state index in [-0.39, 0.29) is 12.4 Å². The number of piperidine rings is 1. The molecule has 1 amide bonds. The number of amides is 1. The van der Waals surface area contributed by atoms with Crippen molar-refractivity contribution < 1.29 is 4.79 Å². The molecule has 2 aliphatic rings. The number of nitrogens with one attached hydrogen (secondary N) is 1. The minimum absolute atomic E-state index is 0. The minimum Gasteiger partial charge on any atom is -0.342 e. The highest BCUT2D eigenvalue weighted by molar-refractivity contribution is 5.85. The lowest BCUT2D eigenvalue weighted by atomic mass is 9.93. The molecule has 2 unspecified atom stereocenters. The van der Waals surface area contributed by atoms with Gasteiger partial charge in [-0.05, 0) is 37.3 Å². The zero-order valence-corrected chi connectivity index (χ0v) is 12.6. The first-order valence-electron chi connectivity index (χ1n) is 7.38. The van der Waals surface area contributed by atoms with Crippen molar-refractivity contribution in [2.75, 3.05) is 19.6 Å². The van der Waals surface area contributed by atoms with Crippen LogP contribution in [0.25, 0.3) is 0 Å². The van der Waals surface area contributed by atoms with Gasteiger partial charge in [-0.25, -0.2) is 0 Å². The Morgan fingerprint density at radius 1 is 1.25 bits per heavy atom. The number of carbonyl (C=O) groups excluding carboxylic acids is 1. The number of nitrogens with zero attached hydrogens (tertiary/aromatic N) is 1. The van der Waals surface area contributed by atoms with Gasteiger partial charge in [-0.2, -0.15) is 0 Å². The predicted octanol–water partition coefficient (Wildman–Crippen LogP) is 2.25. The molecule has 1 aromatic carbocycles.